The van der Waals surface area contributed by atoms with Gasteiger partial charge < -0.3 is 5.32 Å². The molecule has 1 amide bonds. The Hall–Kier alpha value is -1.75. The molecule has 2 aromatic rings. The molecule has 2 aromatic carbocycles. The van der Waals surface area contributed by atoms with Crippen LogP contribution in [0.5, 0.6) is 0 Å². The van der Waals surface area contributed by atoms with E-state index in [4.69, 9.17) is 0 Å². The summed E-state index contributed by atoms with van der Waals surface area (Å²) in [5.41, 5.74) is 1.78. The molecule has 0 saturated carbocycles. The van der Waals surface area contributed by atoms with Crippen LogP contribution in [0.4, 0.5) is 14.5 Å². The fraction of sp³-hybridized carbons (Fsp3) is 0.133. The molecule has 0 unspecified atom stereocenters. The monoisotopic (exact) mass is 339 g/mol. The molecule has 1 N–H and O–H groups in total. The first-order valence-electron chi connectivity index (χ1n) is 5.98. The highest BCUT2D eigenvalue weighted by molar-refractivity contribution is 9.08. The van der Waals surface area contributed by atoms with Gasteiger partial charge in [0.15, 0.2) is 0 Å². The van der Waals surface area contributed by atoms with Crippen LogP contribution in [-0.4, -0.2) is 5.91 Å². The molecule has 0 aliphatic carbocycles. The van der Waals surface area contributed by atoms with Gasteiger partial charge in [-0.05, 0) is 23.3 Å². The van der Waals surface area contributed by atoms with Gasteiger partial charge in [-0.2, -0.15) is 0 Å². The summed E-state index contributed by atoms with van der Waals surface area (Å²) < 4.78 is 26.3. The number of rotatable bonds is 4. The van der Waals surface area contributed by atoms with E-state index in [0.29, 0.717) is 11.0 Å². The van der Waals surface area contributed by atoms with Crippen molar-refractivity contribution < 1.29 is 13.6 Å². The molecule has 5 heteroatoms. The van der Waals surface area contributed by atoms with Crippen LogP contribution in [0.2, 0.25) is 0 Å². The minimum Gasteiger partial charge on any atom is -0.326 e. The fourth-order valence-corrected chi connectivity index (χ4v) is 2.28. The number of halogens is 3. The van der Waals surface area contributed by atoms with Crippen LogP contribution < -0.4 is 5.32 Å². The maximum absolute atomic E-state index is 13.5. The van der Waals surface area contributed by atoms with Gasteiger partial charge in [0.25, 0.3) is 0 Å². The van der Waals surface area contributed by atoms with Crippen LogP contribution in [0.25, 0.3) is 0 Å². The number of carbonyl (C=O) groups excluding carboxylic acids is 1. The van der Waals surface area contributed by atoms with Crippen molar-refractivity contribution in [3.05, 3.63) is 65.2 Å². The van der Waals surface area contributed by atoms with Crippen LogP contribution in [0, 0.1) is 11.6 Å². The Morgan fingerprint density at radius 3 is 2.55 bits per heavy atom. The van der Waals surface area contributed by atoms with E-state index in [9.17, 15) is 13.6 Å². The Labute approximate surface area is 123 Å². The number of anilines is 1. The summed E-state index contributed by atoms with van der Waals surface area (Å²) in [4.78, 5) is 11.9. The Bertz CT molecular complexity index is 631. The number of benzene rings is 2. The number of hydrogen-bond acceptors (Lipinski definition) is 1. The highest BCUT2D eigenvalue weighted by atomic mass is 79.9. The number of amides is 1. The van der Waals surface area contributed by atoms with Crippen molar-refractivity contribution >= 4 is 27.5 Å². The van der Waals surface area contributed by atoms with Crippen LogP contribution >= 0.6 is 15.9 Å². The van der Waals surface area contributed by atoms with E-state index < -0.39 is 11.6 Å². The summed E-state index contributed by atoms with van der Waals surface area (Å²) in [6.45, 7) is 0. The first-order chi connectivity index (χ1) is 9.60. The maximum Gasteiger partial charge on any atom is 0.228 e. The lowest BCUT2D eigenvalue weighted by atomic mass is 10.1. The Balaban J connectivity index is 2.09. The number of para-hydroxylation sites is 1. The van der Waals surface area contributed by atoms with E-state index >= 15 is 0 Å². The zero-order valence-electron chi connectivity index (χ0n) is 10.5. The average Bonchev–Trinajstić information content (AvgIpc) is 2.42. The van der Waals surface area contributed by atoms with Crippen LogP contribution in [0.1, 0.15) is 11.1 Å². The molecular formula is C15H12BrF2NO. The third-order valence-electron chi connectivity index (χ3n) is 2.80. The molecule has 0 aliphatic rings. The minimum absolute atomic E-state index is 0.136. The van der Waals surface area contributed by atoms with E-state index in [2.05, 4.69) is 21.2 Å². The van der Waals surface area contributed by atoms with Crippen molar-refractivity contribution in [1.29, 1.82) is 0 Å². The summed E-state index contributed by atoms with van der Waals surface area (Å²) in [5.74, 6) is -1.71. The first-order valence-corrected chi connectivity index (χ1v) is 7.10. The van der Waals surface area contributed by atoms with Crippen molar-refractivity contribution in [3.8, 4) is 0 Å². The van der Waals surface area contributed by atoms with Gasteiger partial charge in [-0.3, -0.25) is 4.79 Å². The topological polar surface area (TPSA) is 29.1 Å². The molecule has 0 radical (unpaired) electrons. The second-order valence-electron chi connectivity index (χ2n) is 4.25. The summed E-state index contributed by atoms with van der Waals surface area (Å²) >= 11 is 3.33. The maximum atomic E-state index is 13.5. The van der Waals surface area contributed by atoms with E-state index in [1.165, 1.54) is 6.07 Å². The third kappa shape index (κ3) is 3.63. The van der Waals surface area contributed by atoms with Crippen molar-refractivity contribution in [3.63, 3.8) is 0 Å². The number of alkyl halides is 1. The zero-order chi connectivity index (χ0) is 14.5. The van der Waals surface area contributed by atoms with Gasteiger partial charge in [0, 0.05) is 17.1 Å². The predicted molar refractivity (Wildman–Crippen MR) is 77.8 cm³/mol. The number of carbonyl (C=O) groups is 1. The SMILES string of the molecule is O=C(Cc1ccc(F)cc1F)Nc1ccccc1CBr. The molecule has 0 aliphatic heterocycles. The summed E-state index contributed by atoms with van der Waals surface area (Å²) in [7, 11) is 0. The van der Waals surface area contributed by atoms with Gasteiger partial charge in [0.1, 0.15) is 11.6 Å². The Morgan fingerprint density at radius 2 is 1.85 bits per heavy atom. The molecule has 20 heavy (non-hydrogen) atoms. The Kier molecular flexibility index (Phi) is 4.84. The smallest absolute Gasteiger partial charge is 0.228 e. The molecule has 0 fully saturated rings. The lowest BCUT2D eigenvalue weighted by Gasteiger charge is -2.09. The second-order valence-corrected chi connectivity index (χ2v) is 4.81. The molecule has 0 saturated heterocycles. The third-order valence-corrected chi connectivity index (χ3v) is 3.41. The van der Waals surface area contributed by atoms with Gasteiger partial charge in [-0.25, -0.2) is 8.78 Å². The van der Waals surface area contributed by atoms with Crippen LogP contribution in [0.15, 0.2) is 42.5 Å². The molecule has 0 bridgehead atoms. The molecule has 0 heterocycles. The average molecular weight is 340 g/mol. The second kappa shape index (κ2) is 6.61. The normalized spacial score (nSPS) is 10.3. The quantitative estimate of drug-likeness (QED) is 0.837. The molecule has 0 atom stereocenters. The first kappa shape index (κ1) is 14.7. The summed E-state index contributed by atoms with van der Waals surface area (Å²) in [6.07, 6.45) is -0.136. The van der Waals surface area contributed by atoms with Crippen molar-refractivity contribution in [2.24, 2.45) is 0 Å². The van der Waals surface area contributed by atoms with Crippen molar-refractivity contribution in [2.75, 3.05) is 5.32 Å². The van der Waals surface area contributed by atoms with E-state index in [-0.39, 0.29) is 17.9 Å². The highest BCUT2D eigenvalue weighted by Gasteiger charge is 2.10. The van der Waals surface area contributed by atoms with Gasteiger partial charge in [0.05, 0.1) is 6.42 Å². The number of hydrogen-bond donors (Lipinski definition) is 1. The van der Waals surface area contributed by atoms with Crippen LogP contribution in [-0.2, 0) is 16.5 Å². The molecular weight excluding hydrogens is 328 g/mol. The predicted octanol–water partition coefficient (Wildman–Crippen LogP) is 4.04. The summed E-state index contributed by atoms with van der Waals surface area (Å²) in [5, 5.41) is 3.33. The Morgan fingerprint density at radius 1 is 1.10 bits per heavy atom. The fourth-order valence-electron chi connectivity index (χ4n) is 1.79. The van der Waals surface area contributed by atoms with Crippen molar-refractivity contribution in [2.45, 2.75) is 11.8 Å². The van der Waals surface area contributed by atoms with Crippen LogP contribution in [0.3, 0.4) is 0 Å². The molecule has 0 spiro atoms. The highest BCUT2D eigenvalue weighted by Crippen LogP contribution is 2.18. The molecule has 2 nitrogen and oxygen atoms in total. The van der Waals surface area contributed by atoms with Gasteiger partial charge >= 0.3 is 0 Å². The molecule has 2 rings (SSSR count). The van der Waals surface area contributed by atoms with E-state index in [0.717, 1.165) is 17.7 Å². The standard InChI is InChI=1S/C15H12BrF2NO/c16-9-11-3-1-2-4-14(11)19-15(20)7-10-5-6-12(17)8-13(10)18/h1-6,8H,7,9H2,(H,19,20). The number of nitrogens with one attached hydrogen (secondary N) is 1. The minimum atomic E-state index is -0.714. The summed E-state index contributed by atoms with van der Waals surface area (Å²) in [6, 6.07) is 10.5. The molecule has 0 aromatic heterocycles. The van der Waals surface area contributed by atoms with Crippen molar-refractivity contribution in [1.82, 2.24) is 0 Å². The van der Waals surface area contributed by atoms with Gasteiger partial charge in [-0.15, -0.1) is 0 Å². The largest absolute Gasteiger partial charge is 0.326 e. The van der Waals surface area contributed by atoms with Gasteiger partial charge in [0.2, 0.25) is 5.91 Å². The lowest BCUT2D eigenvalue weighted by molar-refractivity contribution is -0.115. The lowest BCUT2D eigenvalue weighted by Crippen LogP contribution is -2.16. The molecule has 104 valence electrons. The van der Waals surface area contributed by atoms with Gasteiger partial charge in [-0.1, -0.05) is 40.2 Å². The van der Waals surface area contributed by atoms with E-state index in [1.54, 1.807) is 12.1 Å². The zero-order valence-corrected chi connectivity index (χ0v) is 12.1. The van der Waals surface area contributed by atoms with E-state index in [1.807, 2.05) is 12.1 Å².